The molecule has 1 unspecified atom stereocenters. The Bertz CT molecular complexity index is 1000. The second kappa shape index (κ2) is 14.0. The Morgan fingerprint density at radius 2 is 1.83 bits per heavy atom. The molecule has 2 aromatic rings. The summed E-state index contributed by atoms with van der Waals surface area (Å²) < 4.78 is 10.8. The van der Waals surface area contributed by atoms with Crippen LogP contribution in [-0.4, -0.2) is 68.0 Å². The molecule has 0 saturated carbocycles. The van der Waals surface area contributed by atoms with Gasteiger partial charge in [-0.05, 0) is 79.7 Å². The number of unbranched alkanes of at least 4 members (excludes halogenated alkanes) is 3. The smallest absolute Gasteiger partial charge is 0.324 e. The molecule has 3 fully saturated rings. The minimum atomic E-state index is -3.80. The third-order valence-corrected chi connectivity index (χ3v) is 11.1. The first-order chi connectivity index (χ1) is 17.4. The van der Waals surface area contributed by atoms with E-state index in [-0.39, 0.29) is 12.2 Å². The van der Waals surface area contributed by atoms with Crippen LogP contribution in [0.4, 0.5) is 0 Å². The third-order valence-electron chi connectivity index (χ3n) is 7.89. The monoisotopic (exact) mass is 551 g/mol. The van der Waals surface area contributed by atoms with Gasteiger partial charge < -0.3 is 15.5 Å². The number of rotatable bonds is 15. The minimum absolute atomic E-state index is 0.0335. The fraction of sp³-hybridized carbons (Fsp3) is 0.667. The van der Waals surface area contributed by atoms with Crippen LogP contribution in [0.1, 0.15) is 56.6 Å². The number of pyridine rings is 1. The number of nitrogens with two attached hydrogens (primary N) is 1. The Hall–Kier alpha value is -0.600. The lowest BCUT2D eigenvalue weighted by Gasteiger charge is -2.52. The molecule has 0 radical (unpaired) electrons. The Kier molecular flexibility index (Phi) is 11.0. The Morgan fingerprint density at radius 1 is 1.06 bits per heavy atom. The number of para-hydroxylation sites is 1. The van der Waals surface area contributed by atoms with E-state index in [1.165, 1.54) is 60.6 Å². The van der Waals surface area contributed by atoms with Crippen LogP contribution in [0.25, 0.3) is 10.9 Å². The van der Waals surface area contributed by atoms with Gasteiger partial charge in [-0.1, -0.05) is 31.0 Å². The first-order valence-corrected chi connectivity index (χ1v) is 17.6. The van der Waals surface area contributed by atoms with E-state index in [2.05, 4.69) is 45.9 Å². The Morgan fingerprint density at radius 3 is 2.61 bits per heavy atom. The zero-order valence-corrected chi connectivity index (χ0v) is 23.7. The molecule has 1 aromatic heterocycles. The van der Waals surface area contributed by atoms with Crippen molar-refractivity contribution in [3.05, 3.63) is 42.1 Å². The molecular weight excluding hydrogens is 509 g/mol. The van der Waals surface area contributed by atoms with Crippen LogP contribution in [0.15, 0.2) is 36.5 Å². The summed E-state index contributed by atoms with van der Waals surface area (Å²) in [5, 5.41) is 1.20. The van der Waals surface area contributed by atoms with Crippen molar-refractivity contribution in [1.29, 1.82) is 0 Å². The van der Waals surface area contributed by atoms with Gasteiger partial charge >= 0.3 is 7.60 Å². The fourth-order valence-corrected chi connectivity index (χ4v) is 8.79. The molecule has 0 amide bonds. The molecule has 5 atom stereocenters. The largest absolute Gasteiger partial charge is 0.325 e. The average molecular weight is 552 g/mol. The van der Waals surface area contributed by atoms with Crippen LogP contribution < -0.4 is 5.73 Å². The molecule has 0 aliphatic carbocycles. The van der Waals surface area contributed by atoms with Crippen molar-refractivity contribution in [3.63, 3.8) is 0 Å². The molecule has 2 bridgehead atoms. The highest BCUT2D eigenvalue weighted by atomic mass is 32.2. The van der Waals surface area contributed by atoms with Crippen LogP contribution in [0.3, 0.4) is 0 Å². The number of aromatic nitrogens is 1. The highest BCUT2D eigenvalue weighted by Crippen LogP contribution is 2.42. The van der Waals surface area contributed by atoms with E-state index in [1.807, 2.05) is 24.0 Å². The summed E-state index contributed by atoms with van der Waals surface area (Å²) in [6, 6.07) is 11.0. The Balaban J connectivity index is 1.10. The van der Waals surface area contributed by atoms with E-state index < -0.39 is 7.60 Å². The lowest BCUT2D eigenvalue weighted by atomic mass is 9.72. The number of hydrogen-bond donors (Lipinski definition) is 3. The third kappa shape index (κ3) is 8.20. The molecule has 4 N–H and O–H groups in total. The first kappa shape index (κ1) is 28.4. The van der Waals surface area contributed by atoms with Crippen molar-refractivity contribution in [2.24, 2.45) is 17.6 Å². The van der Waals surface area contributed by atoms with Gasteiger partial charge in [0, 0.05) is 47.9 Å². The van der Waals surface area contributed by atoms with Crippen LogP contribution >= 0.6 is 31.1 Å². The number of piperidine rings is 3. The van der Waals surface area contributed by atoms with Crippen molar-refractivity contribution >= 4 is 42.0 Å². The molecule has 36 heavy (non-hydrogen) atoms. The van der Waals surface area contributed by atoms with E-state index in [4.69, 9.17) is 15.5 Å². The number of thioether (sulfide) groups is 2. The number of benzene rings is 1. The summed E-state index contributed by atoms with van der Waals surface area (Å²) >= 11 is 4.11. The van der Waals surface area contributed by atoms with Crippen LogP contribution in [0, 0.1) is 11.8 Å². The topological polar surface area (TPSA) is 99.7 Å². The highest BCUT2D eigenvalue weighted by Gasteiger charge is 2.42. The van der Waals surface area contributed by atoms with Gasteiger partial charge in [0.05, 0.1) is 5.52 Å². The second-order valence-corrected chi connectivity index (χ2v) is 14.6. The molecule has 5 rings (SSSR count). The lowest BCUT2D eigenvalue weighted by Crippen LogP contribution is -2.56. The van der Waals surface area contributed by atoms with Crippen molar-refractivity contribution in [2.75, 3.05) is 42.3 Å². The number of hydrogen-bond acceptors (Lipinski definition) is 6. The van der Waals surface area contributed by atoms with E-state index in [9.17, 15) is 4.57 Å². The van der Waals surface area contributed by atoms with Gasteiger partial charge in [0.2, 0.25) is 0 Å². The SMILES string of the molecule is N[C@@H](c1ccnc2ccccc12)[C@@H]1C[C@@H]2CCN1C[C@@H]2CCSCCSCCCCCCP(=O)(O)O. The van der Waals surface area contributed by atoms with Crippen LogP contribution in [0.2, 0.25) is 0 Å². The van der Waals surface area contributed by atoms with Gasteiger partial charge in [0.15, 0.2) is 0 Å². The maximum Gasteiger partial charge on any atom is 0.325 e. The second-order valence-electron chi connectivity index (χ2n) is 10.4. The van der Waals surface area contributed by atoms with E-state index >= 15 is 0 Å². The summed E-state index contributed by atoms with van der Waals surface area (Å²) in [5.74, 6) is 6.44. The molecule has 6 nitrogen and oxygen atoms in total. The molecule has 4 heterocycles. The number of fused-ring (bicyclic) bond motifs is 4. The van der Waals surface area contributed by atoms with Crippen molar-refractivity contribution < 1.29 is 14.4 Å². The zero-order valence-electron chi connectivity index (χ0n) is 21.2. The first-order valence-electron chi connectivity index (χ1n) is 13.5. The molecular formula is C27H42N3O3PS2. The zero-order chi connectivity index (χ0) is 25.4. The fourth-order valence-electron chi connectivity index (χ4n) is 5.93. The van der Waals surface area contributed by atoms with Gasteiger partial charge in [0.25, 0.3) is 0 Å². The maximum atomic E-state index is 10.8. The number of nitrogens with zero attached hydrogens (tertiary/aromatic N) is 2. The Labute approximate surface area is 224 Å². The molecule has 0 spiro atoms. The van der Waals surface area contributed by atoms with Crippen molar-refractivity contribution in [2.45, 2.75) is 57.0 Å². The summed E-state index contributed by atoms with van der Waals surface area (Å²) in [4.78, 5) is 24.9. The standard InChI is InChI=1S/C27H42N3O3PS2/c28-27(24-9-12-29-25-8-4-3-7-23(24)25)26-19-21-10-13-30(26)20-22(21)11-16-36-18-17-35-15-6-2-1-5-14-34(31,32)33/h3-4,7-9,12,21-22,26-27H,1-2,5-6,10-11,13-20,28H2,(H2,31,32,33)/t21-,22-,26-,27-/m0/s1. The predicted octanol–water partition coefficient (Wildman–Crippen LogP) is 5.54. The average Bonchev–Trinajstić information content (AvgIpc) is 2.88. The van der Waals surface area contributed by atoms with E-state index in [0.717, 1.165) is 42.4 Å². The van der Waals surface area contributed by atoms with Crippen molar-refractivity contribution in [3.8, 4) is 0 Å². The van der Waals surface area contributed by atoms with Gasteiger partial charge in [-0.2, -0.15) is 23.5 Å². The summed E-state index contributed by atoms with van der Waals surface area (Å²) in [6.45, 7) is 2.38. The highest BCUT2D eigenvalue weighted by molar-refractivity contribution is 8.02. The van der Waals surface area contributed by atoms with Crippen LogP contribution in [0.5, 0.6) is 0 Å². The quantitative estimate of drug-likeness (QED) is 0.196. The van der Waals surface area contributed by atoms with Crippen molar-refractivity contribution in [1.82, 2.24) is 9.88 Å². The normalized spacial score (nSPS) is 24.9. The van der Waals surface area contributed by atoms with Crippen LogP contribution in [-0.2, 0) is 4.57 Å². The molecule has 3 saturated heterocycles. The van der Waals surface area contributed by atoms with E-state index in [1.54, 1.807) is 0 Å². The molecule has 200 valence electrons. The molecule has 9 heteroatoms. The van der Waals surface area contributed by atoms with Gasteiger partial charge in [-0.3, -0.25) is 14.4 Å². The van der Waals surface area contributed by atoms with Gasteiger partial charge in [-0.15, -0.1) is 0 Å². The maximum absolute atomic E-state index is 10.8. The summed E-state index contributed by atoms with van der Waals surface area (Å²) in [5.41, 5.74) is 9.17. The van der Waals surface area contributed by atoms with Gasteiger partial charge in [0.1, 0.15) is 0 Å². The summed E-state index contributed by atoms with van der Waals surface area (Å²) in [7, 11) is -3.80. The lowest BCUT2D eigenvalue weighted by molar-refractivity contribution is -0.0101. The molecule has 3 aliphatic heterocycles. The summed E-state index contributed by atoms with van der Waals surface area (Å²) in [6.07, 6.45) is 9.57. The van der Waals surface area contributed by atoms with E-state index in [0.29, 0.717) is 12.5 Å². The molecule has 3 aliphatic rings. The molecule has 1 aromatic carbocycles. The van der Waals surface area contributed by atoms with Gasteiger partial charge in [-0.25, -0.2) is 0 Å². The predicted molar refractivity (Wildman–Crippen MR) is 155 cm³/mol. The minimum Gasteiger partial charge on any atom is -0.324 e.